The highest BCUT2D eigenvalue weighted by Gasteiger charge is 2.34. The standard InChI is InChI=1S/C15H10ClF3N2O6S.C15H18N6O6S.C11H11Cl2NO2.C8H14ClN5.C5H12NO4P/c1-28(25,26)20-14(22)10-7-9(3-4-12(10)21(23)24)27-13-5-2-8(6-11(13)16)15(17,18)19;1-21(2)13(22)9-6-5-7-16-12(9)28(24,25)20-15(23)19-14-17-10(26-3)8-11(18-14)27-4;1-7-6-16-9-5-3-2-4-8(9)14(7)11(15)10(12)13;1-4-10-7-12-6(9)13-8(14-7)11-5(2)3;1-11(9,10)3-2-4(6)5(7)8/h2-7H,1H3,(H,20,22);5-8H,1-4H3,(H2,17,18,19,20,23);2-5,7,10H,6H2,1H3;5H,4H2,1-3H3,(H2,10,11,12,13,14);4H,2-3,6H2,1H3,(H,7,8)(H,9,10). The molecular formula is C54H65Cl4F3N15O18PS2. The maximum Gasteiger partial charge on any atom is 0.416 e. The Hall–Kier alpha value is -8.75. The van der Waals surface area contributed by atoms with Gasteiger partial charge in [0.15, 0.2) is 17.2 Å². The molecule has 43 heteroatoms. The highest BCUT2D eigenvalue weighted by atomic mass is 35.5. The number of nitrogens with two attached hydrogens (primary N) is 1. The lowest BCUT2D eigenvalue weighted by Gasteiger charge is -2.35. The number of aliphatic carboxylic acids is 1. The van der Waals surface area contributed by atoms with Crippen LogP contribution >= 0.6 is 53.8 Å². The van der Waals surface area contributed by atoms with Crippen molar-refractivity contribution in [2.24, 2.45) is 5.73 Å². The van der Waals surface area contributed by atoms with Crippen LogP contribution in [-0.2, 0) is 40.4 Å². The van der Waals surface area contributed by atoms with Crippen LogP contribution in [0.2, 0.25) is 10.3 Å². The molecule has 3 aromatic carbocycles. The summed E-state index contributed by atoms with van der Waals surface area (Å²) in [7, 11) is -5.95. The number of fused-ring (bicyclic) bond motifs is 1. The lowest BCUT2D eigenvalue weighted by atomic mass is 10.1. The minimum atomic E-state index is -4.62. The fourth-order valence-corrected chi connectivity index (χ4v) is 9.99. The first-order valence-electron chi connectivity index (χ1n) is 27.4. The van der Waals surface area contributed by atoms with E-state index in [2.05, 4.69) is 45.9 Å². The highest BCUT2D eigenvalue weighted by molar-refractivity contribution is 7.90. The van der Waals surface area contributed by atoms with Crippen molar-refractivity contribution in [3.8, 4) is 29.0 Å². The van der Waals surface area contributed by atoms with Gasteiger partial charge in [-0.05, 0) is 94.2 Å². The second-order valence-corrected chi connectivity index (χ2v) is 27.7. The van der Waals surface area contributed by atoms with Gasteiger partial charge in [0.1, 0.15) is 35.5 Å². The van der Waals surface area contributed by atoms with E-state index in [9.17, 15) is 68.7 Å². The van der Waals surface area contributed by atoms with Crippen molar-refractivity contribution in [1.29, 1.82) is 0 Å². The predicted molar refractivity (Wildman–Crippen MR) is 352 cm³/mol. The number of halogens is 7. The first-order chi connectivity index (χ1) is 45.0. The lowest BCUT2D eigenvalue weighted by molar-refractivity contribution is -0.385. The van der Waals surface area contributed by atoms with Crippen LogP contribution in [0.1, 0.15) is 60.4 Å². The third kappa shape index (κ3) is 27.7. The van der Waals surface area contributed by atoms with E-state index in [-0.39, 0.29) is 70.6 Å². The molecule has 0 radical (unpaired) electrons. The van der Waals surface area contributed by atoms with Gasteiger partial charge in [0.2, 0.25) is 44.9 Å². The summed E-state index contributed by atoms with van der Waals surface area (Å²) in [6.07, 6.45) is -2.75. The van der Waals surface area contributed by atoms with E-state index in [4.69, 9.17) is 81.1 Å². The number of hydrogen-bond acceptors (Lipinski definition) is 25. The van der Waals surface area contributed by atoms with Crippen LogP contribution in [0.15, 0.2) is 90.1 Å². The molecule has 0 saturated heterocycles. The number of nitrogens with zero attached hydrogens (tertiary/aromatic N) is 9. The number of nitro benzene ring substituents is 1. The fraction of sp³-hybridized carbons (Fsp3) is 0.352. The number of amides is 5. The zero-order chi connectivity index (χ0) is 73.5. The molecule has 0 aliphatic carbocycles. The summed E-state index contributed by atoms with van der Waals surface area (Å²) in [5.74, 6) is -2.12. The number of carbonyl (C=O) groups excluding carboxylic acids is 4. The highest BCUT2D eigenvalue weighted by Crippen LogP contribution is 2.39. The number of para-hydroxylation sites is 2. The number of urea groups is 1. The van der Waals surface area contributed by atoms with Crippen molar-refractivity contribution < 1.29 is 92.4 Å². The van der Waals surface area contributed by atoms with Crippen LogP contribution in [0.5, 0.6) is 29.0 Å². The number of aromatic nitrogens is 6. The number of alkyl halides is 5. The topological polar surface area (TPSA) is 461 Å². The van der Waals surface area contributed by atoms with Crippen molar-refractivity contribution >= 4 is 133 Å². The predicted octanol–water partition coefficient (Wildman–Crippen LogP) is 7.92. The summed E-state index contributed by atoms with van der Waals surface area (Å²) in [5, 5.41) is 26.7. The molecule has 0 fully saturated rings. The molecule has 7 rings (SSSR count). The molecular weight excluding hydrogens is 1440 g/mol. The molecule has 1 aliphatic rings. The Kier molecular flexibility index (Phi) is 31.6. The Labute approximate surface area is 573 Å². The van der Waals surface area contributed by atoms with Gasteiger partial charge in [-0.3, -0.25) is 39.2 Å². The van der Waals surface area contributed by atoms with E-state index in [0.29, 0.717) is 42.6 Å². The lowest BCUT2D eigenvalue weighted by Crippen LogP contribution is -2.47. The second-order valence-electron chi connectivity index (χ2n) is 20.0. The van der Waals surface area contributed by atoms with Crippen LogP contribution in [-0.4, -0.2) is 180 Å². The second kappa shape index (κ2) is 37.1. The largest absolute Gasteiger partial charge is 0.489 e. The van der Waals surface area contributed by atoms with E-state index in [1.165, 1.54) is 64.3 Å². The quantitative estimate of drug-likeness (QED) is 0.0156. The summed E-state index contributed by atoms with van der Waals surface area (Å²) < 4.78 is 120. The molecule has 3 unspecified atom stereocenters. The number of carboxylic acids is 1. The SMILES string of the molecule is CC1COc2ccccc2N1C(=O)C(Cl)Cl.CCNc1nc(Cl)nc(NC(C)C)n1.COc1cc(OC)nc(NC(=O)NS(=O)(=O)c2ncccc2C(=O)N(C)C)n1.CP(=O)(O)CCC(N)C(=O)O.CS(=O)(=O)NC(=O)c1cc(Oc2ccc(C(F)(F)F)cc2Cl)ccc1[N+](=O)[O-]. The number of benzene rings is 3. The van der Waals surface area contributed by atoms with E-state index in [0.717, 1.165) is 36.5 Å². The maximum absolute atomic E-state index is 12.7. The number of carboxylic acid groups (broad SMARTS) is 1. The van der Waals surface area contributed by atoms with E-state index in [1.807, 2.05) is 52.0 Å². The van der Waals surface area contributed by atoms with Gasteiger partial charge in [-0.25, -0.2) is 27.6 Å². The molecule has 3 atom stereocenters. The van der Waals surface area contributed by atoms with Crippen LogP contribution in [0.25, 0.3) is 0 Å². The zero-order valence-electron chi connectivity index (χ0n) is 52.7. The minimum absolute atomic E-state index is 0.0412. The number of ether oxygens (including phenoxy) is 4. The van der Waals surface area contributed by atoms with E-state index < -0.39 is 100 Å². The molecule has 9 N–H and O–H groups in total. The first kappa shape index (κ1) is 82.5. The molecule has 0 saturated carbocycles. The van der Waals surface area contributed by atoms with Gasteiger partial charge < -0.3 is 55.1 Å². The average Bonchev–Trinajstić information content (AvgIpc) is 0.811. The van der Waals surface area contributed by atoms with E-state index >= 15 is 0 Å². The number of methoxy groups -OCH3 is 2. The number of nitro groups is 1. The fourth-order valence-electron chi connectivity index (χ4n) is 7.16. The summed E-state index contributed by atoms with van der Waals surface area (Å²) in [6, 6.07) is 14.5. The van der Waals surface area contributed by atoms with Gasteiger partial charge in [-0.1, -0.05) is 46.9 Å². The molecule has 0 bridgehead atoms. The summed E-state index contributed by atoms with van der Waals surface area (Å²) >= 11 is 22.7. The summed E-state index contributed by atoms with van der Waals surface area (Å²) in [4.78, 5) is 102. The number of anilines is 4. The monoisotopic (exact) mass is 1500 g/mol. The summed E-state index contributed by atoms with van der Waals surface area (Å²) in [6.45, 7) is 10.2. The third-order valence-corrected chi connectivity index (χ3v) is 15.2. The smallest absolute Gasteiger partial charge is 0.416 e. The van der Waals surface area contributed by atoms with Gasteiger partial charge in [0.25, 0.3) is 33.4 Å². The van der Waals surface area contributed by atoms with E-state index in [1.54, 1.807) is 14.3 Å². The Morgan fingerprint density at radius 2 is 1.52 bits per heavy atom. The first-order valence-corrected chi connectivity index (χ1v) is 34.7. The molecule has 3 aromatic heterocycles. The van der Waals surface area contributed by atoms with Crippen molar-refractivity contribution in [3.05, 3.63) is 122 Å². The molecule has 5 amide bonds. The number of nitrogens with one attached hydrogen (secondary N) is 5. The van der Waals surface area contributed by atoms with Gasteiger partial charge >= 0.3 is 18.2 Å². The van der Waals surface area contributed by atoms with Crippen LogP contribution in [0.3, 0.4) is 0 Å². The minimum Gasteiger partial charge on any atom is -0.489 e. The normalized spacial score (nSPS) is 13.3. The van der Waals surface area contributed by atoms with Gasteiger partial charge in [-0.15, -0.1) is 0 Å². The Bertz CT molecular complexity index is 4040. The molecule has 4 heterocycles. The maximum atomic E-state index is 12.7. The third-order valence-electron chi connectivity index (χ3n) is 11.4. The molecule has 97 heavy (non-hydrogen) atoms. The van der Waals surface area contributed by atoms with Crippen molar-refractivity contribution in [3.63, 3.8) is 0 Å². The Morgan fingerprint density at radius 1 is 0.897 bits per heavy atom. The van der Waals surface area contributed by atoms with Crippen LogP contribution in [0.4, 0.5) is 47.2 Å². The van der Waals surface area contributed by atoms with Gasteiger partial charge in [0.05, 0.1) is 59.3 Å². The summed E-state index contributed by atoms with van der Waals surface area (Å²) in [5.41, 5.74) is 3.28. The van der Waals surface area contributed by atoms with Gasteiger partial charge in [-0.2, -0.15) is 46.5 Å². The zero-order valence-corrected chi connectivity index (χ0v) is 58.2. The molecule has 6 aromatic rings. The number of carbonyl (C=O) groups is 5. The Morgan fingerprint density at radius 3 is 2.04 bits per heavy atom. The van der Waals surface area contributed by atoms with Crippen LogP contribution < -0.4 is 55.0 Å². The number of rotatable bonds is 20. The number of hydrogen-bond donors (Lipinski definition) is 8. The molecule has 0 spiro atoms. The van der Waals surface area contributed by atoms with Crippen molar-refractivity contribution in [2.45, 2.75) is 68.3 Å². The molecule has 33 nitrogen and oxygen atoms in total. The molecule has 1 aliphatic heterocycles. The van der Waals surface area contributed by atoms with Crippen LogP contribution in [0, 0.1) is 10.1 Å². The Balaban J connectivity index is 0.000000331. The number of sulfonamides is 2. The molecule has 530 valence electrons. The van der Waals surface area contributed by atoms with Crippen molar-refractivity contribution in [2.75, 3.05) is 81.4 Å². The number of pyridine rings is 1. The average molecular weight is 1510 g/mol. The van der Waals surface area contributed by atoms with Crippen molar-refractivity contribution in [1.82, 2.24) is 44.2 Å². The van der Waals surface area contributed by atoms with Gasteiger partial charge in [0, 0.05) is 57.8 Å².